The number of anilines is 1. The van der Waals surface area contributed by atoms with Crippen LogP contribution in [-0.4, -0.2) is 15.5 Å². The molecule has 0 aliphatic carbocycles. The van der Waals surface area contributed by atoms with Gasteiger partial charge in [-0.3, -0.25) is 0 Å². The Balaban J connectivity index is 2.68. The Kier molecular flexibility index (Phi) is 3.63. The van der Waals surface area contributed by atoms with Crippen LogP contribution >= 0.6 is 0 Å². The monoisotopic (exact) mass is 288 g/mol. The van der Waals surface area contributed by atoms with Crippen molar-refractivity contribution in [1.82, 2.24) is 0 Å². The maximum atomic E-state index is 12.6. The number of ether oxygens (including phenoxy) is 1. The Morgan fingerprint density at radius 3 is 2.55 bits per heavy atom. The van der Waals surface area contributed by atoms with E-state index in [1.165, 1.54) is 37.4 Å². The zero-order valence-corrected chi connectivity index (χ0v) is 11.5. The zero-order valence-electron chi connectivity index (χ0n) is 10.7. The Morgan fingerprint density at radius 1 is 1.20 bits per heavy atom. The summed E-state index contributed by atoms with van der Waals surface area (Å²) >= 11 is 0. The van der Waals surface area contributed by atoms with E-state index in [0.717, 1.165) is 0 Å². The molecule has 0 unspecified atom stereocenters. The topological polar surface area (TPSA) is 93.2 Å². The Bertz CT molecular complexity index is 792. The average molecular weight is 288 g/mol. The number of nitrogen functional groups attached to an aromatic ring is 1. The average Bonchev–Trinajstić information content (AvgIpc) is 2.47. The van der Waals surface area contributed by atoms with E-state index in [1.807, 2.05) is 6.07 Å². The first-order valence-electron chi connectivity index (χ1n) is 5.68. The number of methoxy groups -OCH3 is 1. The lowest BCUT2D eigenvalue weighted by Crippen LogP contribution is -2.06. The predicted octanol–water partition coefficient (Wildman–Crippen LogP) is 1.98. The number of benzene rings is 2. The van der Waals surface area contributed by atoms with Gasteiger partial charge in [0.1, 0.15) is 11.8 Å². The van der Waals surface area contributed by atoms with Crippen LogP contribution in [0, 0.1) is 11.3 Å². The molecule has 5 nitrogen and oxygen atoms in total. The van der Waals surface area contributed by atoms with E-state index in [2.05, 4.69) is 0 Å². The molecule has 0 heterocycles. The van der Waals surface area contributed by atoms with Crippen molar-refractivity contribution in [2.24, 2.45) is 0 Å². The molecule has 0 aromatic heterocycles. The van der Waals surface area contributed by atoms with E-state index < -0.39 is 9.84 Å². The first-order chi connectivity index (χ1) is 9.50. The number of hydrogen-bond acceptors (Lipinski definition) is 5. The van der Waals surface area contributed by atoms with E-state index in [9.17, 15) is 8.42 Å². The van der Waals surface area contributed by atoms with Crippen LogP contribution in [0.25, 0.3) is 0 Å². The molecule has 2 aromatic rings. The second-order valence-electron chi connectivity index (χ2n) is 4.01. The van der Waals surface area contributed by atoms with Gasteiger partial charge in [-0.15, -0.1) is 0 Å². The highest BCUT2D eigenvalue weighted by Crippen LogP contribution is 2.28. The molecule has 2 rings (SSSR count). The standard InChI is InChI=1S/C14H12N2O3S/c1-19-10-4-2-5-11(8-10)20(17,18)14-7-3-6-13(16)12(14)9-15/h2-8H,16H2,1H3. The molecule has 0 amide bonds. The van der Waals surface area contributed by atoms with Gasteiger partial charge in [0.15, 0.2) is 0 Å². The highest BCUT2D eigenvalue weighted by Gasteiger charge is 2.23. The molecule has 6 heteroatoms. The highest BCUT2D eigenvalue weighted by molar-refractivity contribution is 7.91. The summed E-state index contributed by atoms with van der Waals surface area (Å²) in [5.41, 5.74) is 5.74. The van der Waals surface area contributed by atoms with Crippen LogP contribution in [0.5, 0.6) is 5.75 Å². The van der Waals surface area contributed by atoms with Crippen molar-refractivity contribution in [3.63, 3.8) is 0 Å². The lowest BCUT2D eigenvalue weighted by atomic mass is 10.2. The van der Waals surface area contributed by atoms with Crippen molar-refractivity contribution in [2.45, 2.75) is 9.79 Å². The van der Waals surface area contributed by atoms with Crippen molar-refractivity contribution < 1.29 is 13.2 Å². The summed E-state index contributed by atoms with van der Waals surface area (Å²) < 4.78 is 30.2. The van der Waals surface area contributed by atoms with Gasteiger partial charge in [0.25, 0.3) is 0 Å². The number of nitrogens with zero attached hydrogens (tertiary/aromatic N) is 1. The van der Waals surface area contributed by atoms with Crippen molar-refractivity contribution in [3.8, 4) is 11.8 Å². The fourth-order valence-electron chi connectivity index (χ4n) is 1.79. The summed E-state index contributed by atoms with van der Waals surface area (Å²) in [5, 5.41) is 9.09. The third-order valence-electron chi connectivity index (χ3n) is 2.81. The first kappa shape index (κ1) is 13.9. The number of nitrogens with two attached hydrogens (primary N) is 1. The fourth-order valence-corrected chi connectivity index (χ4v) is 3.26. The van der Waals surface area contributed by atoms with E-state index >= 15 is 0 Å². The molecule has 0 saturated heterocycles. The van der Waals surface area contributed by atoms with Crippen molar-refractivity contribution in [1.29, 1.82) is 5.26 Å². The minimum absolute atomic E-state index is 0.0460. The van der Waals surface area contributed by atoms with Gasteiger partial charge in [-0.2, -0.15) is 5.26 Å². The van der Waals surface area contributed by atoms with Crippen LogP contribution in [0.4, 0.5) is 5.69 Å². The zero-order chi connectivity index (χ0) is 14.8. The molecule has 0 bridgehead atoms. The fraction of sp³-hybridized carbons (Fsp3) is 0.0714. The number of rotatable bonds is 3. The summed E-state index contributed by atoms with van der Waals surface area (Å²) in [4.78, 5) is -0.0489. The smallest absolute Gasteiger partial charge is 0.208 e. The second-order valence-corrected chi connectivity index (χ2v) is 5.93. The molecular weight excluding hydrogens is 276 g/mol. The molecule has 0 radical (unpaired) electrons. The van der Waals surface area contributed by atoms with Crippen LogP contribution in [0.2, 0.25) is 0 Å². The van der Waals surface area contributed by atoms with E-state index in [1.54, 1.807) is 12.1 Å². The van der Waals surface area contributed by atoms with Gasteiger partial charge >= 0.3 is 0 Å². The number of sulfone groups is 1. The van der Waals surface area contributed by atoms with Gasteiger partial charge in [0.05, 0.1) is 28.2 Å². The third kappa shape index (κ3) is 2.31. The Labute approximate surface area is 117 Å². The molecule has 20 heavy (non-hydrogen) atoms. The quantitative estimate of drug-likeness (QED) is 0.872. The summed E-state index contributed by atoms with van der Waals surface area (Å²) in [6.45, 7) is 0. The largest absolute Gasteiger partial charge is 0.497 e. The van der Waals surface area contributed by atoms with Gasteiger partial charge in [-0.1, -0.05) is 12.1 Å². The molecule has 0 aliphatic rings. The predicted molar refractivity (Wildman–Crippen MR) is 74.0 cm³/mol. The van der Waals surface area contributed by atoms with Gasteiger partial charge in [0, 0.05) is 0 Å². The molecule has 2 aromatic carbocycles. The van der Waals surface area contributed by atoms with Crippen LogP contribution in [0.3, 0.4) is 0 Å². The Morgan fingerprint density at radius 2 is 1.90 bits per heavy atom. The third-order valence-corrected chi connectivity index (χ3v) is 4.61. The van der Waals surface area contributed by atoms with Crippen molar-refractivity contribution in [2.75, 3.05) is 12.8 Å². The van der Waals surface area contributed by atoms with Crippen LogP contribution in [0.15, 0.2) is 52.3 Å². The van der Waals surface area contributed by atoms with Gasteiger partial charge in [-0.05, 0) is 30.3 Å². The molecule has 0 saturated carbocycles. The lowest BCUT2D eigenvalue weighted by molar-refractivity contribution is 0.413. The summed E-state index contributed by atoms with van der Waals surface area (Å²) in [5.74, 6) is 0.425. The van der Waals surface area contributed by atoms with E-state index in [-0.39, 0.29) is 21.0 Å². The molecule has 0 spiro atoms. The van der Waals surface area contributed by atoms with Crippen LogP contribution in [-0.2, 0) is 9.84 Å². The summed E-state index contributed by atoms with van der Waals surface area (Å²) in [6.07, 6.45) is 0. The molecular formula is C14H12N2O3S. The molecule has 102 valence electrons. The van der Waals surface area contributed by atoms with E-state index in [0.29, 0.717) is 5.75 Å². The molecule has 0 fully saturated rings. The SMILES string of the molecule is COc1cccc(S(=O)(=O)c2cccc(N)c2C#N)c1. The number of hydrogen-bond donors (Lipinski definition) is 1. The Hall–Kier alpha value is -2.52. The van der Waals surface area contributed by atoms with Crippen LogP contribution in [0.1, 0.15) is 5.56 Å². The highest BCUT2D eigenvalue weighted by atomic mass is 32.2. The van der Waals surface area contributed by atoms with Gasteiger partial charge in [-0.25, -0.2) is 8.42 Å². The molecule has 0 atom stereocenters. The first-order valence-corrected chi connectivity index (χ1v) is 7.16. The lowest BCUT2D eigenvalue weighted by Gasteiger charge is -2.09. The summed E-state index contributed by atoms with van der Waals surface area (Å²) in [7, 11) is -2.37. The van der Waals surface area contributed by atoms with Crippen LogP contribution < -0.4 is 10.5 Å². The molecule has 2 N–H and O–H groups in total. The maximum absolute atomic E-state index is 12.6. The normalized spacial score (nSPS) is 10.8. The van der Waals surface area contributed by atoms with Gasteiger partial charge in [0.2, 0.25) is 9.84 Å². The summed E-state index contributed by atoms with van der Waals surface area (Å²) in [6, 6.07) is 12.3. The van der Waals surface area contributed by atoms with Crippen molar-refractivity contribution >= 4 is 15.5 Å². The van der Waals surface area contributed by atoms with E-state index in [4.69, 9.17) is 15.7 Å². The maximum Gasteiger partial charge on any atom is 0.208 e. The van der Waals surface area contributed by atoms with Crippen molar-refractivity contribution in [3.05, 3.63) is 48.0 Å². The minimum atomic E-state index is -3.82. The van der Waals surface area contributed by atoms with Gasteiger partial charge < -0.3 is 10.5 Å². The second kappa shape index (κ2) is 5.23. The number of nitriles is 1. The minimum Gasteiger partial charge on any atom is -0.497 e. The molecule has 0 aliphatic heterocycles.